The van der Waals surface area contributed by atoms with Crippen LogP contribution in [0.3, 0.4) is 0 Å². The molecule has 5 heteroatoms. The van der Waals surface area contributed by atoms with E-state index in [0.717, 1.165) is 16.8 Å². The molecule has 0 unspecified atom stereocenters. The highest BCUT2D eigenvalue weighted by molar-refractivity contribution is 7.90. The molecule has 4 nitrogen and oxygen atoms in total. The number of hydrogen-bond donors (Lipinski definition) is 0. The molecule has 112 valence electrons. The van der Waals surface area contributed by atoms with Crippen LogP contribution in [0.15, 0.2) is 64.0 Å². The second kappa shape index (κ2) is 5.42. The van der Waals surface area contributed by atoms with Crippen LogP contribution in [0.1, 0.15) is 5.69 Å². The van der Waals surface area contributed by atoms with Gasteiger partial charge in [0, 0.05) is 11.8 Å². The molecule has 0 radical (unpaired) electrons. The van der Waals surface area contributed by atoms with Gasteiger partial charge < -0.3 is 4.52 Å². The largest absolute Gasteiger partial charge is 0.355 e. The van der Waals surface area contributed by atoms with Gasteiger partial charge in [0.25, 0.3) is 0 Å². The van der Waals surface area contributed by atoms with Crippen LogP contribution in [0.4, 0.5) is 0 Å². The van der Waals surface area contributed by atoms with E-state index in [1.807, 2.05) is 37.3 Å². The Morgan fingerprint density at radius 2 is 1.59 bits per heavy atom. The van der Waals surface area contributed by atoms with Gasteiger partial charge in [-0.25, -0.2) is 8.42 Å². The van der Waals surface area contributed by atoms with Gasteiger partial charge in [-0.05, 0) is 24.6 Å². The number of aromatic nitrogens is 1. The third-order valence-electron chi connectivity index (χ3n) is 3.46. The van der Waals surface area contributed by atoms with E-state index in [-0.39, 0.29) is 4.90 Å². The highest BCUT2D eigenvalue weighted by Crippen LogP contribution is 2.37. The van der Waals surface area contributed by atoms with E-state index < -0.39 is 9.84 Å². The molecule has 0 saturated carbocycles. The quantitative estimate of drug-likeness (QED) is 0.739. The number of sulfone groups is 1. The zero-order chi connectivity index (χ0) is 15.7. The third kappa shape index (κ3) is 2.55. The Balaban J connectivity index is 2.29. The first kappa shape index (κ1) is 14.5. The van der Waals surface area contributed by atoms with Crippen molar-refractivity contribution in [1.82, 2.24) is 5.16 Å². The summed E-state index contributed by atoms with van der Waals surface area (Å²) < 4.78 is 29.5. The molecular weight excluding hydrogens is 298 g/mol. The Morgan fingerprint density at radius 3 is 2.27 bits per heavy atom. The fraction of sp³-hybridized carbons (Fsp3) is 0.118. The summed E-state index contributed by atoms with van der Waals surface area (Å²) in [4.78, 5) is 0.239. The van der Waals surface area contributed by atoms with E-state index in [0.29, 0.717) is 11.3 Å². The monoisotopic (exact) mass is 313 g/mol. The Labute approximate surface area is 129 Å². The van der Waals surface area contributed by atoms with Crippen LogP contribution in [0, 0.1) is 6.92 Å². The lowest BCUT2D eigenvalue weighted by Crippen LogP contribution is -1.99. The zero-order valence-electron chi connectivity index (χ0n) is 12.3. The van der Waals surface area contributed by atoms with Gasteiger partial charge in [0.15, 0.2) is 15.6 Å². The molecule has 0 fully saturated rings. The van der Waals surface area contributed by atoms with Crippen molar-refractivity contribution < 1.29 is 12.9 Å². The van der Waals surface area contributed by atoms with E-state index >= 15 is 0 Å². The highest BCUT2D eigenvalue weighted by Gasteiger charge is 2.22. The van der Waals surface area contributed by atoms with Crippen LogP contribution in [0.5, 0.6) is 0 Å². The Morgan fingerprint density at radius 1 is 0.955 bits per heavy atom. The van der Waals surface area contributed by atoms with Gasteiger partial charge in [-0.15, -0.1) is 0 Å². The van der Waals surface area contributed by atoms with E-state index in [9.17, 15) is 8.42 Å². The molecule has 0 amide bonds. The molecule has 0 aliphatic heterocycles. The number of nitrogens with zero attached hydrogens (tertiary/aromatic N) is 1. The van der Waals surface area contributed by atoms with Crippen molar-refractivity contribution in [3.63, 3.8) is 0 Å². The Hall–Kier alpha value is -2.40. The first-order chi connectivity index (χ1) is 10.5. The summed E-state index contributed by atoms with van der Waals surface area (Å²) in [6.45, 7) is 1.85. The van der Waals surface area contributed by atoms with Crippen molar-refractivity contribution >= 4 is 9.84 Å². The van der Waals surface area contributed by atoms with Crippen molar-refractivity contribution in [3.05, 3.63) is 60.3 Å². The first-order valence-electron chi connectivity index (χ1n) is 6.79. The summed E-state index contributed by atoms with van der Waals surface area (Å²) in [5.74, 6) is 0.477. The summed E-state index contributed by atoms with van der Waals surface area (Å²) >= 11 is 0. The van der Waals surface area contributed by atoms with Crippen LogP contribution in [0.2, 0.25) is 0 Å². The second-order valence-electron chi connectivity index (χ2n) is 5.11. The van der Waals surface area contributed by atoms with Crippen LogP contribution in [-0.2, 0) is 9.84 Å². The van der Waals surface area contributed by atoms with Gasteiger partial charge in [-0.2, -0.15) is 0 Å². The van der Waals surface area contributed by atoms with Crippen molar-refractivity contribution in [2.75, 3.05) is 6.26 Å². The zero-order valence-corrected chi connectivity index (χ0v) is 13.1. The molecule has 3 aromatic rings. The summed E-state index contributed by atoms with van der Waals surface area (Å²) in [7, 11) is -3.36. The molecule has 0 atom stereocenters. The topological polar surface area (TPSA) is 60.2 Å². The van der Waals surface area contributed by atoms with Gasteiger partial charge in [0.05, 0.1) is 16.2 Å². The molecule has 0 bridgehead atoms. The SMILES string of the molecule is Cc1noc(-c2ccccc2S(C)(=O)=O)c1-c1ccccc1. The molecule has 0 aliphatic rings. The summed E-state index contributed by atoms with van der Waals surface area (Å²) in [6.07, 6.45) is 1.19. The second-order valence-corrected chi connectivity index (χ2v) is 7.09. The van der Waals surface area contributed by atoms with E-state index in [4.69, 9.17) is 4.52 Å². The van der Waals surface area contributed by atoms with Gasteiger partial charge in [0.2, 0.25) is 0 Å². The Bertz CT molecular complexity index is 912. The average Bonchev–Trinajstić information content (AvgIpc) is 2.89. The molecule has 2 aromatic carbocycles. The number of aryl methyl sites for hydroxylation is 1. The van der Waals surface area contributed by atoms with Gasteiger partial charge in [-0.1, -0.05) is 47.6 Å². The number of benzene rings is 2. The van der Waals surface area contributed by atoms with Gasteiger partial charge >= 0.3 is 0 Å². The number of hydrogen-bond acceptors (Lipinski definition) is 4. The lowest BCUT2D eigenvalue weighted by molar-refractivity contribution is 0.426. The first-order valence-corrected chi connectivity index (χ1v) is 8.69. The van der Waals surface area contributed by atoms with Crippen LogP contribution >= 0.6 is 0 Å². The predicted molar refractivity (Wildman–Crippen MR) is 85.2 cm³/mol. The lowest BCUT2D eigenvalue weighted by Gasteiger charge is -2.07. The fourth-order valence-corrected chi connectivity index (χ4v) is 3.36. The average molecular weight is 313 g/mol. The maximum atomic E-state index is 12.0. The van der Waals surface area contributed by atoms with Gasteiger partial charge in [0.1, 0.15) is 0 Å². The maximum absolute atomic E-state index is 12.0. The minimum absolute atomic E-state index is 0.239. The smallest absolute Gasteiger partial charge is 0.176 e. The Kier molecular flexibility index (Phi) is 3.58. The molecule has 1 heterocycles. The molecule has 22 heavy (non-hydrogen) atoms. The fourth-order valence-electron chi connectivity index (χ4n) is 2.48. The molecular formula is C17H15NO3S. The summed E-state index contributed by atoms with van der Waals surface area (Å²) in [6, 6.07) is 16.5. The van der Waals surface area contributed by atoms with Crippen LogP contribution in [0.25, 0.3) is 22.5 Å². The summed E-state index contributed by atoms with van der Waals surface area (Å²) in [5, 5.41) is 4.02. The molecule has 3 rings (SSSR count). The van der Waals surface area contributed by atoms with Crippen molar-refractivity contribution in [1.29, 1.82) is 0 Å². The molecule has 0 N–H and O–H groups in total. The third-order valence-corrected chi connectivity index (χ3v) is 4.61. The van der Waals surface area contributed by atoms with E-state index in [1.165, 1.54) is 6.26 Å². The predicted octanol–water partition coefficient (Wildman–Crippen LogP) is 3.72. The molecule has 0 spiro atoms. The molecule has 1 aromatic heterocycles. The maximum Gasteiger partial charge on any atom is 0.176 e. The van der Waals surface area contributed by atoms with E-state index in [1.54, 1.807) is 24.3 Å². The standard InChI is InChI=1S/C17H15NO3S/c1-12-16(13-8-4-3-5-9-13)17(21-18-12)14-10-6-7-11-15(14)22(2,19)20/h3-11H,1-2H3. The highest BCUT2D eigenvalue weighted by atomic mass is 32.2. The summed E-state index contributed by atoms with van der Waals surface area (Å²) in [5.41, 5.74) is 3.02. The van der Waals surface area contributed by atoms with Crippen LogP contribution in [-0.4, -0.2) is 19.8 Å². The van der Waals surface area contributed by atoms with Crippen molar-refractivity contribution in [2.24, 2.45) is 0 Å². The minimum Gasteiger partial charge on any atom is -0.355 e. The van der Waals surface area contributed by atoms with Crippen molar-refractivity contribution in [2.45, 2.75) is 11.8 Å². The van der Waals surface area contributed by atoms with Crippen molar-refractivity contribution in [3.8, 4) is 22.5 Å². The van der Waals surface area contributed by atoms with Crippen LogP contribution < -0.4 is 0 Å². The number of rotatable bonds is 3. The normalized spacial score (nSPS) is 11.5. The molecule has 0 aliphatic carbocycles. The molecule has 0 saturated heterocycles. The van der Waals surface area contributed by atoms with Gasteiger partial charge in [-0.3, -0.25) is 0 Å². The minimum atomic E-state index is -3.36. The van der Waals surface area contributed by atoms with E-state index in [2.05, 4.69) is 5.16 Å². The lowest BCUT2D eigenvalue weighted by atomic mass is 10.00.